The lowest BCUT2D eigenvalue weighted by atomic mass is 9.87. The van der Waals surface area contributed by atoms with Crippen LogP contribution in [0.15, 0.2) is 48.5 Å². The first kappa shape index (κ1) is 16.9. The Morgan fingerprint density at radius 1 is 1.04 bits per heavy atom. The van der Waals surface area contributed by atoms with E-state index in [9.17, 15) is 4.79 Å². The Balaban J connectivity index is 1.89. The first-order valence-corrected chi connectivity index (χ1v) is 7.56. The molecule has 1 amide bonds. The van der Waals surface area contributed by atoms with Crippen molar-refractivity contribution in [1.82, 2.24) is 0 Å². The first-order chi connectivity index (χ1) is 10.9. The summed E-state index contributed by atoms with van der Waals surface area (Å²) in [7, 11) is 1.59. The molecule has 122 valence electrons. The lowest BCUT2D eigenvalue weighted by molar-refractivity contribution is -0.118. The van der Waals surface area contributed by atoms with Crippen LogP contribution in [0.5, 0.6) is 11.5 Å². The molecule has 0 heterocycles. The van der Waals surface area contributed by atoms with Gasteiger partial charge in [0.15, 0.2) is 6.61 Å². The summed E-state index contributed by atoms with van der Waals surface area (Å²) in [5.41, 5.74) is 2.01. The van der Waals surface area contributed by atoms with Crippen LogP contribution in [0.25, 0.3) is 0 Å². The van der Waals surface area contributed by atoms with Crippen LogP contribution in [0.1, 0.15) is 26.3 Å². The molecular formula is C19H23NO3. The van der Waals surface area contributed by atoms with Crippen LogP contribution in [0.3, 0.4) is 0 Å². The predicted molar refractivity (Wildman–Crippen MR) is 92.3 cm³/mol. The summed E-state index contributed by atoms with van der Waals surface area (Å²) >= 11 is 0. The van der Waals surface area contributed by atoms with Crippen molar-refractivity contribution in [2.75, 3.05) is 19.0 Å². The van der Waals surface area contributed by atoms with Crippen LogP contribution in [-0.4, -0.2) is 19.6 Å². The highest BCUT2D eigenvalue weighted by molar-refractivity contribution is 5.92. The lowest BCUT2D eigenvalue weighted by Crippen LogP contribution is -2.20. The summed E-state index contributed by atoms with van der Waals surface area (Å²) in [6, 6.07) is 15.0. The van der Waals surface area contributed by atoms with E-state index in [0.717, 1.165) is 0 Å². The van der Waals surface area contributed by atoms with Crippen molar-refractivity contribution in [3.8, 4) is 11.5 Å². The van der Waals surface area contributed by atoms with Crippen molar-refractivity contribution in [2.45, 2.75) is 26.2 Å². The number of amides is 1. The molecule has 2 aromatic carbocycles. The van der Waals surface area contributed by atoms with Crippen LogP contribution in [0.4, 0.5) is 5.69 Å². The van der Waals surface area contributed by atoms with Gasteiger partial charge in [0.2, 0.25) is 0 Å². The van der Waals surface area contributed by atoms with Gasteiger partial charge >= 0.3 is 0 Å². The van der Waals surface area contributed by atoms with Crippen molar-refractivity contribution >= 4 is 11.6 Å². The molecular weight excluding hydrogens is 290 g/mol. The Labute approximate surface area is 137 Å². The quantitative estimate of drug-likeness (QED) is 0.907. The van der Waals surface area contributed by atoms with E-state index < -0.39 is 0 Å². The lowest BCUT2D eigenvalue weighted by Gasteiger charge is -2.19. The van der Waals surface area contributed by atoms with Crippen LogP contribution >= 0.6 is 0 Å². The van der Waals surface area contributed by atoms with E-state index >= 15 is 0 Å². The maximum absolute atomic E-state index is 11.9. The number of rotatable bonds is 5. The minimum atomic E-state index is -0.210. The van der Waals surface area contributed by atoms with E-state index in [1.54, 1.807) is 19.2 Å². The van der Waals surface area contributed by atoms with Gasteiger partial charge in [-0.15, -0.1) is 0 Å². The number of benzene rings is 2. The van der Waals surface area contributed by atoms with Gasteiger partial charge in [0, 0.05) is 11.8 Å². The zero-order chi connectivity index (χ0) is 16.9. The molecule has 0 fully saturated rings. The third kappa shape index (κ3) is 5.02. The molecule has 1 N–H and O–H groups in total. The van der Waals surface area contributed by atoms with E-state index in [2.05, 4.69) is 26.1 Å². The molecule has 0 atom stereocenters. The maximum Gasteiger partial charge on any atom is 0.262 e. The molecule has 0 aromatic heterocycles. The molecule has 2 rings (SSSR count). The summed E-state index contributed by atoms with van der Waals surface area (Å²) in [6.07, 6.45) is 0. The van der Waals surface area contributed by atoms with Gasteiger partial charge in [-0.25, -0.2) is 0 Å². The molecule has 0 unspecified atom stereocenters. The highest BCUT2D eigenvalue weighted by Gasteiger charge is 2.13. The molecule has 0 aliphatic carbocycles. The number of anilines is 1. The molecule has 0 aliphatic heterocycles. The highest BCUT2D eigenvalue weighted by Crippen LogP contribution is 2.24. The second-order valence-electron chi connectivity index (χ2n) is 6.34. The van der Waals surface area contributed by atoms with E-state index in [1.807, 2.05) is 36.4 Å². The standard InChI is InChI=1S/C19H23NO3/c1-19(2,3)14-8-10-16(11-9-14)23-13-18(21)20-15-6-5-7-17(12-15)22-4/h5-12H,13H2,1-4H3,(H,20,21). The van der Waals surface area contributed by atoms with Gasteiger partial charge < -0.3 is 14.8 Å². The van der Waals surface area contributed by atoms with Gasteiger partial charge in [-0.2, -0.15) is 0 Å². The average molecular weight is 313 g/mol. The van der Waals surface area contributed by atoms with Gasteiger partial charge in [0.1, 0.15) is 11.5 Å². The Bertz CT molecular complexity index is 657. The molecule has 0 bridgehead atoms. The van der Waals surface area contributed by atoms with Gasteiger partial charge in [-0.3, -0.25) is 4.79 Å². The molecule has 23 heavy (non-hydrogen) atoms. The van der Waals surface area contributed by atoms with Crippen molar-refractivity contribution < 1.29 is 14.3 Å². The zero-order valence-corrected chi connectivity index (χ0v) is 14.1. The fraction of sp³-hybridized carbons (Fsp3) is 0.316. The largest absolute Gasteiger partial charge is 0.497 e. The van der Waals surface area contributed by atoms with Gasteiger partial charge in [0.25, 0.3) is 5.91 Å². The normalized spacial score (nSPS) is 11.0. The Kier molecular flexibility index (Phi) is 5.27. The van der Waals surface area contributed by atoms with Crippen LogP contribution in [0, 0.1) is 0 Å². The molecule has 4 heteroatoms. The Morgan fingerprint density at radius 3 is 2.35 bits per heavy atom. The third-order valence-corrected chi connectivity index (χ3v) is 3.44. The molecule has 0 saturated carbocycles. The van der Waals surface area contributed by atoms with Crippen molar-refractivity contribution in [3.05, 3.63) is 54.1 Å². The predicted octanol–water partition coefficient (Wildman–Crippen LogP) is 4.01. The fourth-order valence-electron chi connectivity index (χ4n) is 2.10. The Hall–Kier alpha value is -2.49. The number of hydrogen-bond acceptors (Lipinski definition) is 3. The number of carbonyl (C=O) groups excluding carboxylic acids is 1. The maximum atomic E-state index is 11.9. The first-order valence-electron chi connectivity index (χ1n) is 7.56. The number of ether oxygens (including phenoxy) is 2. The zero-order valence-electron chi connectivity index (χ0n) is 14.1. The van der Waals surface area contributed by atoms with Crippen molar-refractivity contribution in [2.24, 2.45) is 0 Å². The van der Waals surface area contributed by atoms with Crippen LogP contribution in [0.2, 0.25) is 0 Å². The van der Waals surface area contributed by atoms with E-state index in [1.165, 1.54) is 5.56 Å². The van der Waals surface area contributed by atoms with E-state index in [0.29, 0.717) is 17.2 Å². The molecule has 0 radical (unpaired) electrons. The van der Waals surface area contributed by atoms with E-state index in [-0.39, 0.29) is 17.9 Å². The highest BCUT2D eigenvalue weighted by atomic mass is 16.5. The summed E-state index contributed by atoms with van der Waals surface area (Å²) in [5, 5.41) is 2.78. The van der Waals surface area contributed by atoms with Crippen molar-refractivity contribution in [1.29, 1.82) is 0 Å². The molecule has 4 nitrogen and oxygen atoms in total. The second kappa shape index (κ2) is 7.18. The van der Waals surface area contributed by atoms with Gasteiger partial charge in [-0.1, -0.05) is 39.0 Å². The summed E-state index contributed by atoms with van der Waals surface area (Å²) in [4.78, 5) is 11.9. The number of carbonyl (C=O) groups is 1. The molecule has 0 aliphatic rings. The smallest absolute Gasteiger partial charge is 0.262 e. The Morgan fingerprint density at radius 2 is 1.74 bits per heavy atom. The van der Waals surface area contributed by atoms with Gasteiger partial charge in [0.05, 0.1) is 7.11 Å². The monoisotopic (exact) mass is 313 g/mol. The van der Waals surface area contributed by atoms with Crippen LogP contribution < -0.4 is 14.8 Å². The SMILES string of the molecule is COc1cccc(NC(=O)COc2ccc(C(C)(C)C)cc2)c1. The summed E-state index contributed by atoms with van der Waals surface area (Å²) in [6.45, 7) is 6.44. The van der Waals surface area contributed by atoms with Gasteiger partial charge in [-0.05, 0) is 35.2 Å². The minimum Gasteiger partial charge on any atom is -0.497 e. The molecule has 2 aromatic rings. The minimum absolute atomic E-state index is 0.0356. The summed E-state index contributed by atoms with van der Waals surface area (Å²) in [5.74, 6) is 1.17. The molecule has 0 spiro atoms. The van der Waals surface area contributed by atoms with Crippen LogP contribution in [-0.2, 0) is 10.2 Å². The van der Waals surface area contributed by atoms with Crippen molar-refractivity contribution in [3.63, 3.8) is 0 Å². The number of nitrogens with one attached hydrogen (secondary N) is 1. The average Bonchev–Trinajstić information content (AvgIpc) is 2.52. The molecule has 0 saturated heterocycles. The third-order valence-electron chi connectivity index (χ3n) is 3.44. The topological polar surface area (TPSA) is 47.6 Å². The fourth-order valence-corrected chi connectivity index (χ4v) is 2.10. The number of methoxy groups -OCH3 is 1. The number of hydrogen-bond donors (Lipinski definition) is 1. The second-order valence-corrected chi connectivity index (χ2v) is 6.34. The summed E-state index contributed by atoms with van der Waals surface area (Å²) < 4.78 is 10.6. The van der Waals surface area contributed by atoms with E-state index in [4.69, 9.17) is 9.47 Å².